The van der Waals surface area contributed by atoms with Crippen molar-refractivity contribution in [3.05, 3.63) is 41.2 Å². The molecular weight excluding hydrogens is 392 g/mol. The fourth-order valence-corrected chi connectivity index (χ4v) is 5.39. The third-order valence-electron chi connectivity index (χ3n) is 7.04. The van der Waals surface area contributed by atoms with Crippen molar-refractivity contribution in [1.82, 2.24) is 0 Å². The molecule has 5 heteroatoms. The highest BCUT2D eigenvalue weighted by Crippen LogP contribution is 2.45. The second-order valence-corrected chi connectivity index (χ2v) is 8.91. The Morgan fingerprint density at radius 1 is 0.967 bits per heavy atom. The summed E-state index contributed by atoms with van der Waals surface area (Å²) >= 11 is 0. The predicted octanol–water partition coefficient (Wildman–Crippen LogP) is 8.05. The van der Waals surface area contributed by atoms with Crippen LogP contribution in [0.3, 0.4) is 0 Å². The third kappa shape index (κ3) is 5.79. The number of alkyl halides is 1. The minimum absolute atomic E-state index is 0.0145. The van der Waals surface area contributed by atoms with Crippen LogP contribution in [0.4, 0.5) is 17.6 Å². The molecule has 0 saturated heterocycles. The van der Waals surface area contributed by atoms with Crippen LogP contribution in [-0.4, -0.2) is 13.3 Å². The average molecular weight is 427 g/mol. The summed E-state index contributed by atoms with van der Waals surface area (Å²) < 4.78 is 59.9. The molecule has 168 valence electrons. The van der Waals surface area contributed by atoms with E-state index in [1.807, 2.05) is 0 Å². The smallest absolute Gasteiger partial charge is 0.200 e. The average Bonchev–Trinajstić information content (AvgIpc) is 2.76. The first-order valence-corrected chi connectivity index (χ1v) is 11.6. The van der Waals surface area contributed by atoms with Crippen molar-refractivity contribution in [1.29, 1.82) is 0 Å². The van der Waals surface area contributed by atoms with Gasteiger partial charge in [-0.05, 0) is 106 Å². The number of rotatable bonds is 8. The standard InChI is InChI=1S/C25H34F4O/c1-2-30-23-14-13-22(24(28)25(23)29)20-11-9-19(10-12-20)18-7-5-17(6-8-18)16-21(27)4-3-15-26/h13-14,16-20H,2-12,15H2,1H3. The van der Waals surface area contributed by atoms with Crippen LogP contribution >= 0.6 is 0 Å². The molecule has 1 nitrogen and oxygen atoms in total. The van der Waals surface area contributed by atoms with E-state index in [1.165, 1.54) is 0 Å². The second kappa shape index (κ2) is 11.2. The predicted molar refractivity (Wildman–Crippen MR) is 112 cm³/mol. The molecule has 1 aromatic carbocycles. The van der Waals surface area contributed by atoms with Crippen LogP contribution in [0, 0.1) is 29.4 Å². The zero-order valence-electron chi connectivity index (χ0n) is 17.9. The Bertz CT molecular complexity index is 701. The van der Waals surface area contributed by atoms with E-state index in [9.17, 15) is 17.6 Å². The minimum Gasteiger partial charge on any atom is -0.491 e. The highest BCUT2D eigenvalue weighted by molar-refractivity contribution is 5.33. The molecule has 2 aliphatic carbocycles. The van der Waals surface area contributed by atoms with Gasteiger partial charge in [-0.25, -0.2) is 8.78 Å². The molecule has 0 heterocycles. The van der Waals surface area contributed by atoms with Crippen molar-refractivity contribution in [3.8, 4) is 5.75 Å². The maximum atomic E-state index is 14.5. The Hall–Kier alpha value is -1.52. The molecule has 0 aliphatic heterocycles. The largest absolute Gasteiger partial charge is 0.491 e. The number of hydrogen-bond acceptors (Lipinski definition) is 1. The van der Waals surface area contributed by atoms with Crippen LogP contribution in [0.1, 0.15) is 82.6 Å². The van der Waals surface area contributed by atoms with E-state index >= 15 is 0 Å². The molecule has 2 aliphatic rings. The molecule has 0 N–H and O–H groups in total. The molecule has 0 bridgehead atoms. The number of halogens is 4. The number of ether oxygens (including phenoxy) is 1. The van der Waals surface area contributed by atoms with Gasteiger partial charge in [0, 0.05) is 6.42 Å². The van der Waals surface area contributed by atoms with Gasteiger partial charge in [0.2, 0.25) is 5.82 Å². The molecule has 30 heavy (non-hydrogen) atoms. The Kier molecular flexibility index (Phi) is 8.64. The van der Waals surface area contributed by atoms with Gasteiger partial charge in [-0.1, -0.05) is 6.07 Å². The van der Waals surface area contributed by atoms with Gasteiger partial charge in [0.15, 0.2) is 11.6 Å². The van der Waals surface area contributed by atoms with Gasteiger partial charge >= 0.3 is 0 Å². The molecule has 2 fully saturated rings. The first-order chi connectivity index (χ1) is 14.5. The zero-order chi connectivity index (χ0) is 21.5. The van der Waals surface area contributed by atoms with Gasteiger partial charge in [0.25, 0.3) is 0 Å². The Morgan fingerprint density at radius 3 is 2.20 bits per heavy atom. The molecule has 2 saturated carbocycles. The van der Waals surface area contributed by atoms with Gasteiger partial charge in [0.05, 0.1) is 19.1 Å². The van der Waals surface area contributed by atoms with Crippen molar-refractivity contribution in [2.75, 3.05) is 13.3 Å². The summed E-state index contributed by atoms with van der Waals surface area (Å²) in [6.45, 7) is 1.59. The van der Waals surface area contributed by atoms with Crippen LogP contribution < -0.4 is 4.74 Å². The Labute approximate surface area is 177 Å². The van der Waals surface area contributed by atoms with E-state index in [-0.39, 0.29) is 36.3 Å². The highest BCUT2D eigenvalue weighted by Gasteiger charge is 2.32. The fraction of sp³-hybridized carbons (Fsp3) is 0.680. The van der Waals surface area contributed by atoms with Crippen molar-refractivity contribution < 1.29 is 22.3 Å². The van der Waals surface area contributed by atoms with E-state index in [0.29, 0.717) is 24.0 Å². The number of hydrogen-bond donors (Lipinski definition) is 0. The molecule has 0 aromatic heterocycles. The summed E-state index contributed by atoms with van der Waals surface area (Å²) in [6, 6.07) is 3.23. The fourth-order valence-electron chi connectivity index (χ4n) is 5.39. The van der Waals surface area contributed by atoms with Gasteiger partial charge < -0.3 is 4.74 Å². The molecule has 1 aromatic rings. The van der Waals surface area contributed by atoms with Gasteiger partial charge in [0.1, 0.15) is 0 Å². The Morgan fingerprint density at radius 2 is 1.60 bits per heavy atom. The quantitative estimate of drug-likeness (QED) is 0.382. The molecule has 0 unspecified atom stereocenters. The lowest BCUT2D eigenvalue weighted by molar-refractivity contribution is 0.170. The van der Waals surface area contributed by atoms with E-state index in [2.05, 4.69) is 0 Å². The van der Waals surface area contributed by atoms with Crippen LogP contribution in [0.2, 0.25) is 0 Å². The lowest BCUT2D eigenvalue weighted by atomic mass is 9.68. The first kappa shape index (κ1) is 23.1. The lowest BCUT2D eigenvalue weighted by Gasteiger charge is -2.37. The topological polar surface area (TPSA) is 9.23 Å². The van der Waals surface area contributed by atoms with Gasteiger partial charge in [-0.2, -0.15) is 4.39 Å². The summed E-state index contributed by atoms with van der Waals surface area (Å²) in [7, 11) is 0. The molecule has 0 spiro atoms. The van der Waals surface area contributed by atoms with Crippen LogP contribution in [-0.2, 0) is 0 Å². The SMILES string of the molecule is CCOc1ccc(C2CCC(C3CCC(C=C(F)CCCF)CC3)CC2)c(F)c1F. The molecule has 0 radical (unpaired) electrons. The molecular formula is C25H34F4O. The van der Waals surface area contributed by atoms with Crippen LogP contribution in [0.25, 0.3) is 0 Å². The summed E-state index contributed by atoms with van der Waals surface area (Å²) in [5, 5.41) is 0. The monoisotopic (exact) mass is 426 g/mol. The van der Waals surface area contributed by atoms with Crippen molar-refractivity contribution in [2.24, 2.45) is 17.8 Å². The summed E-state index contributed by atoms with van der Waals surface area (Å²) in [5.74, 6) is -0.202. The molecule has 3 rings (SSSR count). The van der Waals surface area contributed by atoms with Crippen LogP contribution in [0.5, 0.6) is 5.75 Å². The van der Waals surface area contributed by atoms with Crippen molar-refractivity contribution in [2.45, 2.75) is 77.0 Å². The van der Waals surface area contributed by atoms with Crippen molar-refractivity contribution >= 4 is 0 Å². The first-order valence-electron chi connectivity index (χ1n) is 11.6. The maximum absolute atomic E-state index is 14.5. The van der Waals surface area contributed by atoms with Crippen LogP contribution in [0.15, 0.2) is 24.0 Å². The molecule has 0 atom stereocenters. The Balaban J connectivity index is 1.49. The van der Waals surface area contributed by atoms with Gasteiger partial charge in [-0.15, -0.1) is 0 Å². The maximum Gasteiger partial charge on any atom is 0.200 e. The normalized spacial score (nSPS) is 27.8. The van der Waals surface area contributed by atoms with E-state index in [1.54, 1.807) is 25.1 Å². The second-order valence-electron chi connectivity index (χ2n) is 8.91. The minimum atomic E-state index is -0.874. The lowest BCUT2D eigenvalue weighted by Crippen LogP contribution is -2.25. The van der Waals surface area contributed by atoms with Gasteiger partial charge in [-0.3, -0.25) is 4.39 Å². The summed E-state index contributed by atoms with van der Waals surface area (Å²) in [4.78, 5) is 0. The zero-order valence-corrected chi connectivity index (χ0v) is 17.9. The summed E-state index contributed by atoms with van der Waals surface area (Å²) in [6.07, 6.45) is 10.2. The third-order valence-corrected chi connectivity index (χ3v) is 7.04. The van der Waals surface area contributed by atoms with E-state index < -0.39 is 18.3 Å². The number of allylic oxidation sites excluding steroid dienone is 2. The summed E-state index contributed by atoms with van der Waals surface area (Å²) in [5.41, 5.74) is 0.479. The van der Waals surface area contributed by atoms with E-state index in [4.69, 9.17) is 4.74 Å². The van der Waals surface area contributed by atoms with E-state index in [0.717, 1.165) is 51.4 Å². The highest BCUT2D eigenvalue weighted by atomic mass is 19.2. The molecule has 0 amide bonds. The van der Waals surface area contributed by atoms with Crippen molar-refractivity contribution in [3.63, 3.8) is 0 Å². The number of benzene rings is 1.